The summed E-state index contributed by atoms with van der Waals surface area (Å²) in [7, 11) is 0. The van der Waals surface area contributed by atoms with Crippen molar-refractivity contribution in [3.8, 4) is 12.3 Å². The second kappa shape index (κ2) is 10.5. The fourth-order valence-electron chi connectivity index (χ4n) is 0.874. The van der Waals surface area contributed by atoms with E-state index in [0.29, 0.717) is 11.8 Å². The molecule has 0 aliphatic carbocycles. The predicted molar refractivity (Wildman–Crippen MR) is 55.0 cm³/mol. The lowest BCUT2D eigenvalue weighted by molar-refractivity contribution is 0.185. The minimum atomic E-state index is 0.370. The van der Waals surface area contributed by atoms with Crippen molar-refractivity contribution in [3.63, 3.8) is 0 Å². The molecule has 0 amide bonds. The Morgan fingerprint density at radius 1 is 1.17 bits per heavy atom. The maximum atomic E-state index is 5.19. The second-order valence-corrected chi connectivity index (χ2v) is 2.29. The van der Waals surface area contributed by atoms with Crippen molar-refractivity contribution in [2.45, 2.75) is 34.6 Å². The van der Waals surface area contributed by atoms with Crippen LogP contribution in [0.2, 0.25) is 0 Å². The van der Waals surface area contributed by atoms with Gasteiger partial charge in [-0.05, 0) is 5.92 Å². The van der Waals surface area contributed by atoms with E-state index in [1.807, 2.05) is 27.7 Å². The first-order chi connectivity index (χ1) is 5.84. The molecule has 2 unspecified atom stereocenters. The minimum absolute atomic E-state index is 0.370. The highest BCUT2D eigenvalue weighted by Gasteiger charge is 2.21. The van der Waals surface area contributed by atoms with Gasteiger partial charge in [0.1, 0.15) is 0 Å². The molecule has 0 bridgehead atoms. The van der Waals surface area contributed by atoms with E-state index < -0.39 is 0 Å². The Hall–Kier alpha value is -0.480. The van der Waals surface area contributed by atoms with Crippen LogP contribution >= 0.6 is 0 Å². The monoisotopic (exact) mass is 170 g/mol. The molecule has 0 saturated carbocycles. The van der Waals surface area contributed by atoms with Gasteiger partial charge in [0.15, 0.2) is 0 Å². The van der Waals surface area contributed by atoms with Gasteiger partial charge in [-0.1, -0.05) is 34.6 Å². The first-order valence-corrected chi connectivity index (χ1v) is 4.88. The van der Waals surface area contributed by atoms with Crippen LogP contribution in [0.1, 0.15) is 34.6 Å². The van der Waals surface area contributed by atoms with Crippen molar-refractivity contribution >= 4 is 0 Å². The molecule has 0 radical (unpaired) electrons. The van der Waals surface area contributed by atoms with Gasteiger partial charge in [-0.2, -0.15) is 0 Å². The third kappa shape index (κ3) is 5.21. The van der Waals surface area contributed by atoms with Crippen molar-refractivity contribution in [3.05, 3.63) is 0 Å². The van der Waals surface area contributed by atoms with E-state index >= 15 is 0 Å². The largest absolute Gasteiger partial charge is 0.380 e. The quantitative estimate of drug-likeness (QED) is 0.508. The fraction of sp³-hybridized carbons (Fsp3) is 0.818. The number of rotatable bonds is 0. The summed E-state index contributed by atoms with van der Waals surface area (Å²) in [5, 5.41) is 0. The minimum Gasteiger partial charge on any atom is -0.380 e. The highest BCUT2D eigenvalue weighted by atomic mass is 16.5. The molecule has 1 aliphatic heterocycles. The zero-order chi connectivity index (χ0) is 9.98. The van der Waals surface area contributed by atoms with E-state index in [0.717, 1.165) is 13.2 Å². The zero-order valence-electron chi connectivity index (χ0n) is 9.05. The lowest BCUT2D eigenvalue weighted by Crippen LogP contribution is -2.04. The van der Waals surface area contributed by atoms with Crippen LogP contribution in [0.25, 0.3) is 0 Å². The van der Waals surface area contributed by atoms with Crippen LogP contribution < -0.4 is 0 Å². The summed E-state index contributed by atoms with van der Waals surface area (Å²) in [6.45, 7) is 11.7. The van der Waals surface area contributed by atoms with Crippen LogP contribution in [0.15, 0.2) is 0 Å². The van der Waals surface area contributed by atoms with Crippen molar-refractivity contribution in [1.82, 2.24) is 0 Å². The van der Waals surface area contributed by atoms with Gasteiger partial charge in [-0.25, -0.2) is 0 Å². The molecule has 0 spiro atoms. The van der Waals surface area contributed by atoms with Crippen LogP contribution in [-0.4, -0.2) is 13.2 Å². The van der Waals surface area contributed by atoms with Crippen LogP contribution in [0.5, 0.6) is 0 Å². The SMILES string of the molecule is C#CC1COCC1C.CC.CC. The van der Waals surface area contributed by atoms with Crippen LogP contribution in [0.4, 0.5) is 0 Å². The Morgan fingerprint density at radius 2 is 1.67 bits per heavy atom. The fourth-order valence-corrected chi connectivity index (χ4v) is 0.874. The molecule has 1 heteroatoms. The van der Waals surface area contributed by atoms with E-state index in [9.17, 15) is 0 Å². The van der Waals surface area contributed by atoms with Gasteiger partial charge in [-0.15, -0.1) is 12.3 Å². The summed E-state index contributed by atoms with van der Waals surface area (Å²) in [5.74, 6) is 3.63. The lowest BCUT2D eigenvalue weighted by atomic mass is 10.00. The van der Waals surface area contributed by atoms with Crippen molar-refractivity contribution in [1.29, 1.82) is 0 Å². The first-order valence-electron chi connectivity index (χ1n) is 4.88. The normalized spacial score (nSPS) is 25.7. The number of hydrogen-bond acceptors (Lipinski definition) is 1. The standard InChI is InChI=1S/C7H10O.2C2H6/c1-3-7-5-8-4-6(7)2;2*1-2/h1,6-7H,4-5H2,2H3;2*1-2H3. The van der Waals surface area contributed by atoms with Crippen LogP contribution in [0, 0.1) is 24.2 Å². The van der Waals surface area contributed by atoms with E-state index in [-0.39, 0.29) is 0 Å². The summed E-state index contributed by atoms with van der Waals surface area (Å²) < 4.78 is 5.12. The van der Waals surface area contributed by atoms with Crippen LogP contribution in [0.3, 0.4) is 0 Å². The zero-order valence-corrected chi connectivity index (χ0v) is 9.05. The lowest BCUT2D eigenvalue weighted by Gasteiger charge is -2.01. The molecule has 0 aromatic rings. The molecule has 0 N–H and O–H groups in total. The Balaban J connectivity index is 0. The van der Waals surface area contributed by atoms with Crippen LogP contribution in [-0.2, 0) is 4.74 Å². The maximum Gasteiger partial charge on any atom is 0.0607 e. The van der Waals surface area contributed by atoms with E-state index in [1.165, 1.54) is 0 Å². The summed E-state index contributed by atoms with van der Waals surface area (Å²) >= 11 is 0. The topological polar surface area (TPSA) is 9.23 Å². The summed E-state index contributed by atoms with van der Waals surface area (Å²) in [4.78, 5) is 0. The molecule has 1 rings (SSSR count). The van der Waals surface area contributed by atoms with Gasteiger partial charge in [0.25, 0.3) is 0 Å². The highest BCUT2D eigenvalue weighted by Crippen LogP contribution is 2.17. The molecule has 12 heavy (non-hydrogen) atoms. The smallest absolute Gasteiger partial charge is 0.0607 e. The van der Waals surface area contributed by atoms with E-state index in [1.54, 1.807) is 0 Å². The third-order valence-electron chi connectivity index (χ3n) is 1.58. The molecule has 1 saturated heterocycles. The van der Waals surface area contributed by atoms with Gasteiger partial charge >= 0.3 is 0 Å². The number of hydrogen-bond donors (Lipinski definition) is 0. The Labute approximate surface area is 77.5 Å². The summed E-state index contributed by atoms with van der Waals surface area (Å²) in [6, 6.07) is 0. The molecule has 2 atom stereocenters. The van der Waals surface area contributed by atoms with E-state index in [2.05, 4.69) is 12.8 Å². The molecule has 1 aliphatic rings. The molecule has 0 aromatic carbocycles. The highest BCUT2D eigenvalue weighted by molar-refractivity contribution is 4.97. The maximum absolute atomic E-state index is 5.19. The van der Waals surface area contributed by atoms with Gasteiger partial charge < -0.3 is 4.74 Å². The number of terminal acetylenes is 1. The molecular formula is C11H22O. The Morgan fingerprint density at radius 3 is 1.83 bits per heavy atom. The average molecular weight is 170 g/mol. The molecule has 1 fully saturated rings. The summed E-state index contributed by atoms with van der Waals surface area (Å²) in [6.07, 6.45) is 5.19. The van der Waals surface area contributed by atoms with Crippen molar-refractivity contribution in [2.24, 2.45) is 11.8 Å². The Bertz CT molecular complexity index is 113. The molecule has 1 heterocycles. The van der Waals surface area contributed by atoms with Crippen molar-refractivity contribution in [2.75, 3.05) is 13.2 Å². The first kappa shape index (κ1) is 14.1. The molecule has 0 aromatic heterocycles. The number of ether oxygens (including phenoxy) is 1. The predicted octanol–water partition coefficient (Wildman–Crippen LogP) is 2.95. The third-order valence-corrected chi connectivity index (χ3v) is 1.58. The van der Waals surface area contributed by atoms with Gasteiger partial charge in [-0.3, -0.25) is 0 Å². The van der Waals surface area contributed by atoms with Crippen molar-refractivity contribution < 1.29 is 4.74 Å². The van der Waals surface area contributed by atoms with Gasteiger partial charge in [0, 0.05) is 5.92 Å². The Kier molecular flexibility index (Phi) is 12.3. The average Bonchev–Trinajstić information content (AvgIpc) is 2.58. The molecule has 1 nitrogen and oxygen atoms in total. The van der Waals surface area contributed by atoms with Gasteiger partial charge in [0.05, 0.1) is 13.2 Å². The molecular weight excluding hydrogens is 148 g/mol. The van der Waals surface area contributed by atoms with Gasteiger partial charge in [0.2, 0.25) is 0 Å². The van der Waals surface area contributed by atoms with E-state index in [4.69, 9.17) is 11.2 Å². The summed E-state index contributed by atoms with van der Waals surface area (Å²) in [5.41, 5.74) is 0. The second-order valence-electron chi connectivity index (χ2n) is 2.29. The molecule has 72 valence electrons.